The van der Waals surface area contributed by atoms with Crippen molar-refractivity contribution in [3.05, 3.63) is 0 Å². The molecule has 0 saturated carbocycles. The molecule has 0 aromatic heterocycles. The Morgan fingerprint density at radius 2 is 1.29 bits per heavy atom. The fourth-order valence-corrected chi connectivity index (χ4v) is 3.32. The van der Waals surface area contributed by atoms with Gasteiger partial charge in [-0.2, -0.15) is 0 Å². The summed E-state index contributed by atoms with van der Waals surface area (Å²) >= 11 is 0. The summed E-state index contributed by atoms with van der Waals surface area (Å²) in [5.41, 5.74) is 0. The second-order valence-corrected chi connectivity index (χ2v) is 6.92. The molecular formula is C18H35NO5. The Kier molecular flexibility index (Phi) is 11.5. The van der Waals surface area contributed by atoms with Crippen LogP contribution in [0, 0.1) is 0 Å². The third-order valence-corrected chi connectivity index (χ3v) is 4.88. The van der Waals surface area contributed by atoms with E-state index in [9.17, 15) is 15.0 Å². The molecule has 0 spiro atoms. The van der Waals surface area contributed by atoms with E-state index >= 15 is 0 Å². The summed E-state index contributed by atoms with van der Waals surface area (Å²) in [5.74, 6) is 0.307. The summed E-state index contributed by atoms with van der Waals surface area (Å²) in [6.07, 6.45) is 8.21. The van der Waals surface area contributed by atoms with Gasteiger partial charge in [-0.25, -0.2) is 0 Å². The molecule has 4 atom stereocenters. The monoisotopic (exact) mass is 345 g/mol. The molecule has 0 radical (unpaired) electrons. The van der Waals surface area contributed by atoms with Gasteiger partial charge in [0.1, 0.15) is 5.78 Å². The maximum Gasteiger partial charge on any atom is 0.132 e. The topological polar surface area (TPSA) is 110 Å². The van der Waals surface area contributed by atoms with E-state index in [1.165, 1.54) is 0 Å². The van der Waals surface area contributed by atoms with Crippen LogP contribution in [0.4, 0.5) is 0 Å². The molecule has 1 aliphatic heterocycles. The highest BCUT2D eigenvalue weighted by atomic mass is 16.3. The average molecular weight is 345 g/mol. The molecule has 5 N–H and O–H groups in total. The summed E-state index contributed by atoms with van der Waals surface area (Å²) in [7, 11) is 0. The Bertz CT molecular complexity index is 339. The first-order valence-electron chi connectivity index (χ1n) is 9.45. The predicted molar refractivity (Wildman–Crippen MR) is 92.7 cm³/mol. The molecule has 0 amide bonds. The molecule has 0 aliphatic carbocycles. The predicted octanol–water partition coefficient (Wildman–Crippen LogP) is 0.893. The van der Waals surface area contributed by atoms with Crippen LogP contribution in [0.1, 0.15) is 70.6 Å². The van der Waals surface area contributed by atoms with Gasteiger partial charge in [0.15, 0.2) is 0 Å². The van der Waals surface area contributed by atoms with Crippen LogP contribution in [0.5, 0.6) is 0 Å². The first-order valence-corrected chi connectivity index (χ1v) is 9.45. The van der Waals surface area contributed by atoms with Crippen molar-refractivity contribution in [3.63, 3.8) is 0 Å². The van der Waals surface area contributed by atoms with Gasteiger partial charge in [-0.15, -0.1) is 0 Å². The normalized spacial score (nSPS) is 26.8. The molecule has 1 saturated heterocycles. The number of unbranched alkanes of at least 4 members (excludes halogenated alkanes) is 6. The van der Waals surface area contributed by atoms with Gasteiger partial charge in [0.05, 0.1) is 24.9 Å². The van der Waals surface area contributed by atoms with Gasteiger partial charge in [0, 0.05) is 25.5 Å². The highest BCUT2D eigenvalue weighted by molar-refractivity contribution is 5.78. The van der Waals surface area contributed by atoms with Gasteiger partial charge in [-0.3, -0.25) is 4.79 Å². The van der Waals surface area contributed by atoms with Gasteiger partial charge < -0.3 is 25.7 Å². The zero-order valence-electron chi connectivity index (χ0n) is 14.7. The molecule has 1 aliphatic rings. The van der Waals surface area contributed by atoms with Crippen LogP contribution in [0.3, 0.4) is 0 Å². The third kappa shape index (κ3) is 8.03. The lowest BCUT2D eigenvalue weighted by atomic mass is 10.0. The van der Waals surface area contributed by atoms with Crippen LogP contribution in [-0.4, -0.2) is 63.7 Å². The summed E-state index contributed by atoms with van der Waals surface area (Å²) in [6.45, 7) is 0.00769. The van der Waals surface area contributed by atoms with E-state index in [2.05, 4.69) is 5.32 Å². The highest BCUT2D eigenvalue weighted by Gasteiger charge is 2.39. The molecule has 1 heterocycles. The molecule has 0 unspecified atom stereocenters. The van der Waals surface area contributed by atoms with Crippen molar-refractivity contribution in [2.75, 3.05) is 13.2 Å². The Labute approximate surface area is 145 Å². The van der Waals surface area contributed by atoms with Crippen molar-refractivity contribution in [2.45, 2.75) is 94.9 Å². The first kappa shape index (κ1) is 21.5. The third-order valence-electron chi connectivity index (χ3n) is 4.88. The van der Waals surface area contributed by atoms with Crippen molar-refractivity contribution in [2.24, 2.45) is 0 Å². The van der Waals surface area contributed by atoms with Gasteiger partial charge in [-0.1, -0.05) is 32.1 Å². The smallest absolute Gasteiger partial charge is 0.132 e. The number of carbonyl (C=O) groups excluding carboxylic acids is 1. The van der Waals surface area contributed by atoms with E-state index in [-0.39, 0.29) is 19.3 Å². The lowest BCUT2D eigenvalue weighted by Gasteiger charge is -2.15. The zero-order valence-corrected chi connectivity index (χ0v) is 14.7. The van der Waals surface area contributed by atoms with E-state index in [0.29, 0.717) is 25.0 Å². The quantitative estimate of drug-likeness (QED) is 0.299. The van der Waals surface area contributed by atoms with Crippen LogP contribution in [-0.2, 0) is 4.79 Å². The standard InChI is InChI=1S/C18H35NO5/c20-12-8-7-10-14(22)9-5-3-1-2-4-6-11-15-17(23)18(24)16(13-21)19-15/h15-21,23-24H,1-13H2/t15-,16-,17-,18-/m1/s1. The zero-order chi connectivity index (χ0) is 17.8. The number of aliphatic hydroxyl groups excluding tert-OH is 4. The maximum absolute atomic E-state index is 11.6. The van der Waals surface area contributed by atoms with Gasteiger partial charge in [0.2, 0.25) is 0 Å². The van der Waals surface area contributed by atoms with E-state index in [1.807, 2.05) is 0 Å². The number of hydrogen-bond acceptors (Lipinski definition) is 6. The Hall–Kier alpha value is -0.530. The van der Waals surface area contributed by atoms with Crippen molar-refractivity contribution in [1.29, 1.82) is 0 Å². The van der Waals surface area contributed by atoms with Crippen LogP contribution in [0.25, 0.3) is 0 Å². The fourth-order valence-electron chi connectivity index (χ4n) is 3.32. The van der Waals surface area contributed by atoms with Crippen LogP contribution in [0.2, 0.25) is 0 Å². The number of ketones is 1. The number of Topliss-reactive ketones (excluding diaryl/α,β-unsaturated/α-hetero) is 1. The van der Waals surface area contributed by atoms with Crippen molar-refractivity contribution in [3.8, 4) is 0 Å². The van der Waals surface area contributed by atoms with E-state index in [0.717, 1.165) is 51.4 Å². The number of rotatable bonds is 14. The molecule has 0 bridgehead atoms. The molecule has 0 aromatic carbocycles. The minimum atomic E-state index is -0.880. The largest absolute Gasteiger partial charge is 0.396 e. The van der Waals surface area contributed by atoms with Gasteiger partial charge in [0.25, 0.3) is 0 Å². The second-order valence-electron chi connectivity index (χ2n) is 6.92. The summed E-state index contributed by atoms with van der Waals surface area (Å²) in [4.78, 5) is 11.6. The molecule has 6 nitrogen and oxygen atoms in total. The minimum absolute atomic E-state index is 0.131. The Morgan fingerprint density at radius 3 is 1.88 bits per heavy atom. The summed E-state index contributed by atoms with van der Waals surface area (Å²) in [5, 5.41) is 40.5. The van der Waals surface area contributed by atoms with E-state index < -0.39 is 18.2 Å². The van der Waals surface area contributed by atoms with Crippen molar-refractivity contribution >= 4 is 5.78 Å². The summed E-state index contributed by atoms with van der Waals surface area (Å²) < 4.78 is 0. The van der Waals surface area contributed by atoms with Gasteiger partial charge in [-0.05, 0) is 25.7 Å². The minimum Gasteiger partial charge on any atom is -0.396 e. The molecule has 24 heavy (non-hydrogen) atoms. The van der Waals surface area contributed by atoms with Crippen molar-refractivity contribution < 1.29 is 25.2 Å². The van der Waals surface area contributed by atoms with Crippen LogP contribution < -0.4 is 5.32 Å². The summed E-state index contributed by atoms with van der Waals surface area (Å²) in [6, 6.07) is -0.548. The fraction of sp³-hybridized carbons (Fsp3) is 0.944. The number of carbonyl (C=O) groups is 1. The lowest BCUT2D eigenvalue weighted by Crippen LogP contribution is -2.36. The second kappa shape index (κ2) is 12.8. The SMILES string of the molecule is O=C(CCCCO)CCCCCCCC[C@H]1N[C@H](CO)[C@@H](O)[C@@H]1O. The Morgan fingerprint density at radius 1 is 0.750 bits per heavy atom. The first-order chi connectivity index (χ1) is 11.6. The number of hydrogen-bond donors (Lipinski definition) is 5. The lowest BCUT2D eigenvalue weighted by molar-refractivity contribution is -0.119. The van der Waals surface area contributed by atoms with Crippen LogP contribution >= 0.6 is 0 Å². The molecular weight excluding hydrogens is 310 g/mol. The molecule has 0 aromatic rings. The Balaban J connectivity index is 1.93. The number of aliphatic hydroxyl groups is 4. The molecule has 1 fully saturated rings. The average Bonchev–Trinajstić information content (AvgIpc) is 2.85. The molecule has 1 rings (SSSR count). The van der Waals surface area contributed by atoms with Gasteiger partial charge >= 0.3 is 0 Å². The molecule has 6 heteroatoms. The highest BCUT2D eigenvalue weighted by Crippen LogP contribution is 2.19. The van der Waals surface area contributed by atoms with Crippen LogP contribution in [0.15, 0.2) is 0 Å². The van der Waals surface area contributed by atoms with Crippen molar-refractivity contribution in [1.82, 2.24) is 5.32 Å². The number of nitrogens with one attached hydrogen (secondary N) is 1. The van der Waals surface area contributed by atoms with E-state index in [1.54, 1.807) is 0 Å². The maximum atomic E-state index is 11.6. The molecule has 142 valence electrons. The van der Waals surface area contributed by atoms with E-state index in [4.69, 9.17) is 10.2 Å².